The summed E-state index contributed by atoms with van der Waals surface area (Å²) in [5.74, 6) is 0. The van der Waals surface area contributed by atoms with Gasteiger partial charge < -0.3 is 13.7 Å². The van der Waals surface area contributed by atoms with Gasteiger partial charge in [0.2, 0.25) is 0 Å². The third-order valence-corrected chi connectivity index (χ3v) is 9.67. The molecule has 3 heteroatoms. The van der Waals surface area contributed by atoms with Crippen LogP contribution in [0, 0.1) is 0 Å². The van der Waals surface area contributed by atoms with Crippen LogP contribution in [0.5, 0.6) is 0 Å². The molecule has 10 aromatic rings. The zero-order valence-corrected chi connectivity index (χ0v) is 26.5. The Morgan fingerprint density at radius 1 is 0.327 bits per heavy atom. The molecule has 0 N–H and O–H groups in total. The second-order valence-electron chi connectivity index (χ2n) is 12.5. The molecule has 0 amide bonds. The van der Waals surface area contributed by atoms with E-state index in [0.29, 0.717) is 0 Å². The minimum Gasteiger partial charge on any atom is -0.456 e. The van der Waals surface area contributed by atoms with Crippen LogP contribution in [-0.4, -0.2) is 0 Å². The average Bonchev–Trinajstić information content (AvgIpc) is 3.74. The normalized spacial score (nSPS) is 11.7. The monoisotopic (exact) mass is 627 g/mol. The van der Waals surface area contributed by atoms with Crippen LogP contribution < -0.4 is 4.90 Å². The fourth-order valence-corrected chi connectivity index (χ4v) is 7.37. The number of furan rings is 2. The van der Waals surface area contributed by atoms with E-state index in [1.165, 1.54) is 33.0 Å². The molecule has 0 saturated carbocycles. The summed E-state index contributed by atoms with van der Waals surface area (Å²) in [6, 6.07) is 62.0. The number of fused-ring (bicyclic) bond motifs is 8. The number of para-hydroxylation sites is 1. The fourth-order valence-electron chi connectivity index (χ4n) is 7.37. The van der Waals surface area contributed by atoms with Gasteiger partial charge in [0.15, 0.2) is 0 Å². The number of nitrogens with zero attached hydrogens (tertiary/aromatic N) is 1. The predicted molar refractivity (Wildman–Crippen MR) is 204 cm³/mol. The summed E-state index contributed by atoms with van der Waals surface area (Å²) < 4.78 is 12.7. The molecule has 10 rings (SSSR count). The van der Waals surface area contributed by atoms with Gasteiger partial charge in [-0.3, -0.25) is 0 Å². The molecule has 0 fully saturated rings. The van der Waals surface area contributed by atoms with E-state index in [9.17, 15) is 0 Å². The average molecular weight is 628 g/mol. The second kappa shape index (κ2) is 11.0. The Hall–Kier alpha value is -6.58. The van der Waals surface area contributed by atoms with Crippen molar-refractivity contribution in [2.24, 2.45) is 0 Å². The number of anilines is 3. The highest BCUT2D eigenvalue weighted by Gasteiger charge is 2.19. The Bertz CT molecular complexity index is 2830. The fraction of sp³-hybridized carbons (Fsp3) is 0. The first-order valence-corrected chi connectivity index (χ1v) is 16.6. The molecule has 0 radical (unpaired) electrons. The topological polar surface area (TPSA) is 29.5 Å². The summed E-state index contributed by atoms with van der Waals surface area (Å²) in [6.45, 7) is 0. The molecule has 0 unspecified atom stereocenters. The van der Waals surface area contributed by atoms with Gasteiger partial charge in [-0.2, -0.15) is 0 Å². The van der Waals surface area contributed by atoms with Gasteiger partial charge in [0, 0.05) is 44.7 Å². The van der Waals surface area contributed by atoms with Crippen molar-refractivity contribution in [1.82, 2.24) is 0 Å². The zero-order valence-electron chi connectivity index (χ0n) is 26.5. The van der Waals surface area contributed by atoms with E-state index in [0.717, 1.165) is 60.9 Å². The van der Waals surface area contributed by atoms with Crippen LogP contribution in [0.1, 0.15) is 0 Å². The lowest BCUT2D eigenvalue weighted by atomic mass is 9.94. The third kappa shape index (κ3) is 4.51. The van der Waals surface area contributed by atoms with E-state index in [1.54, 1.807) is 0 Å². The first-order valence-electron chi connectivity index (χ1n) is 16.6. The minimum absolute atomic E-state index is 0.858. The van der Waals surface area contributed by atoms with Crippen molar-refractivity contribution in [3.8, 4) is 22.3 Å². The summed E-state index contributed by atoms with van der Waals surface area (Å²) in [7, 11) is 0. The van der Waals surface area contributed by atoms with E-state index >= 15 is 0 Å². The van der Waals surface area contributed by atoms with Crippen molar-refractivity contribution in [3.63, 3.8) is 0 Å². The molecule has 3 nitrogen and oxygen atoms in total. The summed E-state index contributed by atoms with van der Waals surface area (Å²) >= 11 is 0. The molecule has 2 aromatic heterocycles. The molecule has 0 bridgehead atoms. The first kappa shape index (κ1) is 27.5. The first-order chi connectivity index (χ1) is 24.3. The Morgan fingerprint density at radius 3 is 1.76 bits per heavy atom. The van der Waals surface area contributed by atoms with Crippen LogP contribution >= 0.6 is 0 Å². The van der Waals surface area contributed by atoms with Crippen molar-refractivity contribution in [1.29, 1.82) is 0 Å². The number of benzene rings is 8. The van der Waals surface area contributed by atoms with Crippen LogP contribution in [-0.2, 0) is 0 Å². The maximum atomic E-state index is 6.53. The number of rotatable bonds is 5. The Labute approximate surface area is 282 Å². The SMILES string of the molecule is c1ccc(-c2ccccc2-c2ccc(N(c3ccc4c(c3)oc3ccc5ccccc5c34)c3ccc4oc5ccccc5c4c3)cc2)cc1. The van der Waals surface area contributed by atoms with E-state index in [-0.39, 0.29) is 0 Å². The molecule has 2 heterocycles. The maximum Gasteiger partial charge on any atom is 0.137 e. The van der Waals surface area contributed by atoms with Crippen molar-refractivity contribution in [3.05, 3.63) is 176 Å². The van der Waals surface area contributed by atoms with Crippen LogP contribution in [0.4, 0.5) is 17.1 Å². The minimum atomic E-state index is 0.858. The van der Waals surface area contributed by atoms with Gasteiger partial charge in [0.25, 0.3) is 0 Å². The number of hydrogen-bond acceptors (Lipinski definition) is 3. The number of hydrogen-bond donors (Lipinski definition) is 0. The molecule has 0 atom stereocenters. The Balaban J connectivity index is 1.14. The molecule has 49 heavy (non-hydrogen) atoms. The van der Waals surface area contributed by atoms with E-state index < -0.39 is 0 Å². The molecule has 230 valence electrons. The third-order valence-electron chi connectivity index (χ3n) is 9.67. The molecular formula is C46H29NO2. The summed E-state index contributed by atoms with van der Waals surface area (Å²) in [5, 5.41) is 6.86. The summed E-state index contributed by atoms with van der Waals surface area (Å²) in [5.41, 5.74) is 11.4. The molecule has 0 aliphatic carbocycles. The van der Waals surface area contributed by atoms with E-state index in [1.807, 2.05) is 12.1 Å². The van der Waals surface area contributed by atoms with E-state index in [2.05, 4.69) is 169 Å². The van der Waals surface area contributed by atoms with Gasteiger partial charge in [-0.1, -0.05) is 115 Å². The largest absolute Gasteiger partial charge is 0.456 e. The Morgan fingerprint density at radius 2 is 0.918 bits per heavy atom. The van der Waals surface area contributed by atoms with Gasteiger partial charge in [-0.25, -0.2) is 0 Å². The van der Waals surface area contributed by atoms with E-state index in [4.69, 9.17) is 8.83 Å². The molecular weight excluding hydrogens is 599 g/mol. The smallest absolute Gasteiger partial charge is 0.137 e. The lowest BCUT2D eigenvalue weighted by Gasteiger charge is -2.26. The van der Waals surface area contributed by atoms with Gasteiger partial charge in [-0.15, -0.1) is 0 Å². The van der Waals surface area contributed by atoms with Gasteiger partial charge >= 0.3 is 0 Å². The van der Waals surface area contributed by atoms with Crippen LogP contribution in [0.15, 0.2) is 185 Å². The van der Waals surface area contributed by atoms with Crippen LogP contribution in [0.3, 0.4) is 0 Å². The highest BCUT2D eigenvalue weighted by molar-refractivity contribution is 6.19. The second-order valence-corrected chi connectivity index (χ2v) is 12.5. The van der Waals surface area contributed by atoms with Crippen molar-refractivity contribution in [2.45, 2.75) is 0 Å². The van der Waals surface area contributed by atoms with Gasteiger partial charge in [-0.05, 0) is 87.6 Å². The highest BCUT2D eigenvalue weighted by Crippen LogP contribution is 2.43. The lowest BCUT2D eigenvalue weighted by molar-refractivity contribution is 0.668. The summed E-state index contributed by atoms with van der Waals surface area (Å²) in [4.78, 5) is 2.30. The lowest BCUT2D eigenvalue weighted by Crippen LogP contribution is -2.09. The molecule has 0 aliphatic rings. The summed E-state index contributed by atoms with van der Waals surface area (Å²) in [6.07, 6.45) is 0. The molecule has 0 saturated heterocycles. The quantitative estimate of drug-likeness (QED) is 0.190. The van der Waals surface area contributed by atoms with Crippen molar-refractivity contribution < 1.29 is 8.83 Å². The van der Waals surface area contributed by atoms with Crippen LogP contribution in [0.25, 0.3) is 76.9 Å². The van der Waals surface area contributed by atoms with Crippen molar-refractivity contribution >= 4 is 71.7 Å². The zero-order chi connectivity index (χ0) is 32.3. The molecule has 8 aromatic carbocycles. The highest BCUT2D eigenvalue weighted by atomic mass is 16.3. The predicted octanol–water partition coefficient (Wildman–Crippen LogP) is 13.4. The van der Waals surface area contributed by atoms with Crippen LogP contribution in [0.2, 0.25) is 0 Å². The van der Waals surface area contributed by atoms with Crippen molar-refractivity contribution in [2.75, 3.05) is 4.90 Å². The molecule has 0 spiro atoms. The maximum absolute atomic E-state index is 6.53. The van der Waals surface area contributed by atoms with Gasteiger partial charge in [0.05, 0.1) is 0 Å². The Kier molecular flexibility index (Phi) is 6.18. The van der Waals surface area contributed by atoms with Gasteiger partial charge in [0.1, 0.15) is 22.3 Å². The standard InChI is InChI=1S/C46H29NO2/c1-2-10-30(11-3-1)36-13-6-7-14-37(36)32-18-21-33(22-19-32)47(34-24-27-43-41(28-34)39-16-8-9-17-42(39)48-43)35-23-25-40-45(29-35)49-44-26-20-31-12-4-5-15-38(31)46(40)44/h1-29H. The molecule has 0 aliphatic heterocycles.